The number of nitrogens with zero attached hydrogens (tertiary/aromatic N) is 4. The fraction of sp³-hybridized carbons (Fsp3) is 0.606. The third-order valence-corrected chi connectivity index (χ3v) is 11.4. The second-order valence-electron chi connectivity index (χ2n) is 12.3. The molecule has 5 aliphatic rings. The Morgan fingerprint density at radius 3 is 2.42 bits per heavy atom. The minimum Gasteiger partial charge on any atom is -0.396 e. The lowest BCUT2D eigenvalue weighted by Crippen LogP contribution is -2.54. The van der Waals surface area contributed by atoms with Gasteiger partial charge in [-0.1, -0.05) is 67.5 Å². The number of hydrogen-bond donors (Lipinski definition) is 1. The molecule has 43 heavy (non-hydrogen) atoms. The largest absolute Gasteiger partial charge is 0.396 e. The second-order valence-corrected chi connectivity index (χ2v) is 13.8. The molecule has 9 nitrogen and oxygen atoms in total. The molecule has 232 valence electrons. The van der Waals surface area contributed by atoms with Crippen molar-refractivity contribution in [1.82, 2.24) is 19.6 Å². The lowest BCUT2D eigenvalue weighted by molar-refractivity contribution is -0.144. The smallest absolute Gasteiger partial charge is 0.247 e. The predicted molar refractivity (Wildman–Crippen MR) is 166 cm³/mol. The third-order valence-electron chi connectivity index (χ3n) is 9.64. The summed E-state index contributed by atoms with van der Waals surface area (Å²) in [6.07, 6.45) is 11.6. The number of aliphatic hydroxyl groups is 1. The van der Waals surface area contributed by atoms with Gasteiger partial charge in [0.2, 0.25) is 17.7 Å². The average molecular weight is 609 g/mol. The van der Waals surface area contributed by atoms with Crippen LogP contribution in [-0.4, -0.2) is 124 Å². The summed E-state index contributed by atoms with van der Waals surface area (Å²) in [6.45, 7) is 6.67. The van der Waals surface area contributed by atoms with E-state index in [1.54, 1.807) is 11.8 Å². The minimum absolute atomic E-state index is 0.000562. The molecule has 0 aromatic heterocycles. The number of carbonyl (C=O) groups excluding carboxylic acids is 3. The first kappa shape index (κ1) is 30.4. The van der Waals surface area contributed by atoms with Crippen LogP contribution in [0, 0.1) is 11.8 Å². The quantitative estimate of drug-likeness (QED) is 0.304. The standard InChI is InChI=1S/C33H44N4O5S/c38-21-7-2-1-6-16-37-29-32(41)35(18-17-34-19-22-42-23-20-34)15-9-13-33(29)28(31(37)40)27-26(43-33)12-8-14-36(30(27)39)24-25-10-4-3-5-11-25/h3-5,8-13,26-29,38H,1-2,6-7,14-24H2/t26-,27+,28+,29?,33+/m1/s1. The predicted octanol–water partition coefficient (Wildman–Crippen LogP) is 2.17. The van der Waals surface area contributed by atoms with Crippen LogP contribution in [-0.2, 0) is 25.7 Å². The van der Waals surface area contributed by atoms with Gasteiger partial charge in [0.1, 0.15) is 6.04 Å². The number of amides is 3. The summed E-state index contributed by atoms with van der Waals surface area (Å²) in [5.74, 6) is -1.18. The Morgan fingerprint density at radius 2 is 1.63 bits per heavy atom. The number of thioether (sulfide) groups is 1. The topological polar surface area (TPSA) is 93.6 Å². The molecule has 5 heterocycles. The number of aliphatic hydroxyl groups excluding tert-OH is 1. The fourth-order valence-electron chi connectivity index (χ4n) is 7.46. The van der Waals surface area contributed by atoms with Crippen LogP contribution in [0.5, 0.6) is 0 Å². The average Bonchev–Trinajstić information content (AvgIpc) is 3.34. The summed E-state index contributed by atoms with van der Waals surface area (Å²) in [5.41, 5.74) is 1.06. The molecule has 0 radical (unpaired) electrons. The molecule has 1 spiro atoms. The lowest BCUT2D eigenvalue weighted by atomic mass is 9.78. The number of ether oxygens (including phenoxy) is 1. The van der Waals surface area contributed by atoms with Crippen LogP contribution in [0.25, 0.3) is 0 Å². The SMILES string of the molecule is O=C1C2N(CCCCCCO)C(=O)[C@@H]3[C@H]4C(=O)N(Cc5ccccc5)CC=C[C@H]4S[C@]23C=CCN1CCN1CCOCC1. The Labute approximate surface area is 258 Å². The Balaban J connectivity index is 1.28. The van der Waals surface area contributed by atoms with E-state index in [2.05, 4.69) is 29.2 Å². The molecular weight excluding hydrogens is 564 g/mol. The number of fused-ring (bicyclic) bond motifs is 2. The Bertz CT molecular complexity index is 1220. The Hall–Kier alpha value is -2.66. The van der Waals surface area contributed by atoms with Gasteiger partial charge in [-0.05, 0) is 18.4 Å². The number of hydrogen-bond acceptors (Lipinski definition) is 7. The van der Waals surface area contributed by atoms with E-state index in [9.17, 15) is 19.5 Å². The molecular formula is C33H44N4O5S. The van der Waals surface area contributed by atoms with Crippen molar-refractivity contribution in [2.75, 3.05) is 65.6 Å². The summed E-state index contributed by atoms with van der Waals surface area (Å²) < 4.78 is 4.72. The highest BCUT2D eigenvalue weighted by Crippen LogP contribution is 2.61. The highest BCUT2D eigenvalue weighted by atomic mass is 32.2. The van der Waals surface area contributed by atoms with Gasteiger partial charge in [0.25, 0.3) is 0 Å². The molecule has 3 fully saturated rings. The maximum absolute atomic E-state index is 14.5. The Kier molecular flexibility index (Phi) is 9.57. The third kappa shape index (κ3) is 6.03. The maximum Gasteiger partial charge on any atom is 0.247 e. The van der Waals surface area contributed by atoms with E-state index in [0.717, 1.165) is 50.9 Å². The van der Waals surface area contributed by atoms with E-state index in [1.165, 1.54) is 0 Å². The van der Waals surface area contributed by atoms with Crippen molar-refractivity contribution in [3.63, 3.8) is 0 Å². The van der Waals surface area contributed by atoms with E-state index in [4.69, 9.17) is 4.74 Å². The van der Waals surface area contributed by atoms with Crippen molar-refractivity contribution in [3.05, 3.63) is 60.2 Å². The number of morpholine rings is 1. The van der Waals surface area contributed by atoms with Gasteiger partial charge in [0.15, 0.2) is 0 Å². The normalized spacial score (nSPS) is 30.8. The molecule has 1 unspecified atom stereocenters. The van der Waals surface area contributed by atoms with Crippen LogP contribution < -0.4 is 0 Å². The zero-order valence-electron chi connectivity index (χ0n) is 24.9. The van der Waals surface area contributed by atoms with E-state index in [-0.39, 0.29) is 29.6 Å². The van der Waals surface area contributed by atoms with Gasteiger partial charge in [0, 0.05) is 64.2 Å². The molecule has 0 aliphatic carbocycles. The number of benzene rings is 1. The van der Waals surface area contributed by atoms with Gasteiger partial charge in [-0.25, -0.2) is 0 Å². The molecule has 5 aliphatic heterocycles. The molecule has 1 N–H and O–H groups in total. The fourth-order valence-corrected chi connectivity index (χ4v) is 9.46. The molecule has 1 aromatic carbocycles. The van der Waals surface area contributed by atoms with Crippen LogP contribution in [0.1, 0.15) is 31.2 Å². The molecule has 5 atom stereocenters. The second kappa shape index (κ2) is 13.5. The number of rotatable bonds is 11. The molecule has 3 saturated heterocycles. The van der Waals surface area contributed by atoms with Crippen molar-refractivity contribution >= 4 is 29.5 Å². The van der Waals surface area contributed by atoms with Crippen LogP contribution in [0.2, 0.25) is 0 Å². The van der Waals surface area contributed by atoms with E-state index >= 15 is 0 Å². The molecule has 3 amide bonds. The van der Waals surface area contributed by atoms with Crippen LogP contribution >= 0.6 is 11.8 Å². The molecule has 10 heteroatoms. The number of likely N-dealkylation sites (tertiary alicyclic amines) is 1. The van der Waals surface area contributed by atoms with Gasteiger partial charge in [0.05, 0.1) is 29.8 Å². The summed E-state index contributed by atoms with van der Waals surface area (Å²) in [7, 11) is 0. The summed E-state index contributed by atoms with van der Waals surface area (Å²) in [5, 5.41) is 9.06. The van der Waals surface area contributed by atoms with Crippen molar-refractivity contribution in [1.29, 1.82) is 0 Å². The van der Waals surface area contributed by atoms with Crippen LogP contribution in [0.3, 0.4) is 0 Å². The summed E-state index contributed by atoms with van der Waals surface area (Å²) in [4.78, 5) is 51.1. The van der Waals surface area contributed by atoms with Crippen molar-refractivity contribution in [3.8, 4) is 0 Å². The van der Waals surface area contributed by atoms with E-state index in [0.29, 0.717) is 45.9 Å². The van der Waals surface area contributed by atoms with Gasteiger partial charge in [-0.2, -0.15) is 0 Å². The van der Waals surface area contributed by atoms with Crippen LogP contribution in [0.4, 0.5) is 0 Å². The highest BCUT2D eigenvalue weighted by Gasteiger charge is 2.70. The molecule has 0 bridgehead atoms. The van der Waals surface area contributed by atoms with Crippen molar-refractivity contribution in [2.24, 2.45) is 11.8 Å². The summed E-state index contributed by atoms with van der Waals surface area (Å²) in [6, 6.07) is 9.35. The van der Waals surface area contributed by atoms with Crippen LogP contribution in [0.15, 0.2) is 54.6 Å². The van der Waals surface area contributed by atoms with Gasteiger partial charge < -0.3 is 24.5 Å². The lowest BCUT2D eigenvalue weighted by Gasteiger charge is -2.36. The first-order valence-corrected chi connectivity index (χ1v) is 16.8. The van der Waals surface area contributed by atoms with E-state index in [1.807, 2.05) is 45.0 Å². The highest BCUT2D eigenvalue weighted by molar-refractivity contribution is 8.02. The van der Waals surface area contributed by atoms with Crippen molar-refractivity contribution < 1.29 is 24.2 Å². The first-order chi connectivity index (χ1) is 21.0. The number of unbranched alkanes of at least 4 members (excludes halogenated alkanes) is 3. The minimum atomic E-state index is -0.780. The van der Waals surface area contributed by atoms with Crippen molar-refractivity contribution in [2.45, 2.75) is 48.3 Å². The van der Waals surface area contributed by atoms with Gasteiger partial charge in [-0.3, -0.25) is 19.3 Å². The molecule has 1 aromatic rings. The number of carbonyl (C=O) groups is 3. The Morgan fingerprint density at radius 1 is 0.860 bits per heavy atom. The molecule has 6 rings (SSSR count). The first-order valence-electron chi connectivity index (χ1n) is 15.9. The monoisotopic (exact) mass is 608 g/mol. The van der Waals surface area contributed by atoms with Gasteiger partial charge >= 0.3 is 0 Å². The molecule has 0 saturated carbocycles. The van der Waals surface area contributed by atoms with E-state index < -0.39 is 22.6 Å². The zero-order chi connectivity index (χ0) is 29.8. The summed E-state index contributed by atoms with van der Waals surface area (Å²) >= 11 is 1.65. The maximum atomic E-state index is 14.5. The zero-order valence-corrected chi connectivity index (χ0v) is 25.7. The van der Waals surface area contributed by atoms with Gasteiger partial charge in [-0.15, -0.1) is 11.8 Å².